The highest BCUT2D eigenvalue weighted by molar-refractivity contribution is 5.80. The summed E-state index contributed by atoms with van der Waals surface area (Å²) in [5, 5.41) is 2.95. The summed E-state index contributed by atoms with van der Waals surface area (Å²) in [5.41, 5.74) is 0. The Morgan fingerprint density at radius 2 is 2.06 bits per heavy atom. The lowest BCUT2D eigenvalue weighted by Gasteiger charge is -2.22. The molecule has 1 rings (SSSR count). The van der Waals surface area contributed by atoms with Gasteiger partial charge in [0, 0.05) is 31.9 Å². The second-order valence-electron chi connectivity index (χ2n) is 4.24. The maximum atomic E-state index is 11.5. The van der Waals surface area contributed by atoms with E-state index in [0.29, 0.717) is 38.3 Å². The number of ketones is 1. The molecular formula is C12H21NO3. The van der Waals surface area contributed by atoms with Crippen LogP contribution in [0, 0.1) is 0 Å². The first-order chi connectivity index (χ1) is 7.72. The minimum atomic E-state index is 0.0375. The summed E-state index contributed by atoms with van der Waals surface area (Å²) in [6.07, 6.45) is 4.20. The van der Waals surface area contributed by atoms with Crippen LogP contribution in [0.3, 0.4) is 0 Å². The van der Waals surface area contributed by atoms with E-state index in [2.05, 4.69) is 5.32 Å². The van der Waals surface area contributed by atoms with Crippen LogP contribution in [0.5, 0.6) is 0 Å². The first-order valence-corrected chi connectivity index (χ1v) is 6.11. The van der Waals surface area contributed by atoms with Crippen molar-refractivity contribution in [3.05, 3.63) is 0 Å². The van der Waals surface area contributed by atoms with Crippen molar-refractivity contribution in [2.24, 2.45) is 0 Å². The van der Waals surface area contributed by atoms with Crippen LogP contribution in [0.25, 0.3) is 0 Å². The van der Waals surface area contributed by atoms with Crippen LogP contribution in [0.2, 0.25) is 0 Å². The minimum Gasteiger partial charge on any atom is -0.381 e. The zero-order valence-corrected chi connectivity index (χ0v) is 9.96. The van der Waals surface area contributed by atoms with Crippen LogP contribution in [0.4, 0.5) is 0 Å². The minimum absolute atomic E-state index is 0.0375. The summed E-state index contributed by atoms with van der Waals surface area (Å²) in [6, 6.07) is 0.191. The Morgan fingerprint density at radius 1 is 1.38 bits per heavy atom. The molecule has 1 N–H and O–H groups in total. The molecule has 16 heavy (non-hydrogen) atoms. The number of carbonyl (C=O) groups excluding carboxylic acids is 2. The van der Waals surface area contributed by atoms with Gasteiger partial charge in [0.15, 0.2) is 0 Å². The molecule has 0 unspecified atom stereocenters. The fraction of sp³-hybridized carbons (Fsp3) is 0.833. The number of nitrogens with one attached hydrogen (secondary N) is 1. The summed E-state index contributed by atoms with van der Waals surface area (Å²) < 4.78 is 5.24. The number of rotatable bonds is 6. The van der Waals surface area contributed by atoms with Crippen molar-refractivity contribution in [1.29, 1.82) is 0 Å². The van der Waals surface area contributed by atoms with Crippen molar-refractivity contribution in [2.75, 3.05) is 13.2 Å². The Bertz CT molecular complexity index is 230. The molecule has 4 heteroatoms. The average Bonchev–Trinajstić information content (AvgIpc) is 2.28. The van der Waals surface area contributed by atoms with Crippen LogP contribution in [-0.4, -0.2) is 30.9 Å². The quantitative estimate of drug-likeness (QED) is 0.698. The Kier molecular flexibility index (Phi) is 6.08. The van der Waals surface area contributed by atoms with E-state index in [4.69, 9.17) is 4.74 Å². The Balaban J connectivity index is 2.07. The summed E-state index contributed by atoms with van der Waals surface area (Å²) in [7, 11) is 0. The van der Waals surface area contributed by atoms with Crippen molar-refractivity contribution >= 4 is 11.7 Å². The molecule has 0 radical (unpaired) electrons. The predicted molar refractivity (Wildman–Crippen MR) is 61.1 cm³/mol. The third-order valence-corrected chi connectivity index (χ3v) is 2.73. The molecule has 1 fully saturated rings. The fourth-order valence-electron chi connectivity index (χ4n) is 1.80. The third kappa shape index (κ3) is 5.26. The van der Waals surface area contributed by atoms with E-state index in [1.807, 2.05) is 6.92 Å². The van der Waals surface area contributed by atoms with Crippen molar-refractivity contribution < 1.29 is 14.3 Å². The first kappa shape index (κ1) is 13.2. The SMILES string of the molecule is CCCOCCC(=O)NC1CCC(=O)CC1. The van der Waals surface area contributed by atoms with Gasteiger partial charge in [-0.3, -0.25) is 9.59 Å². The fourth-order valence-corrected chi connectivity index (χ4v) is 1.80. The maximum absolute atomic E-state index is 11.5. The molecule has 1 aliphatic rings. The van der Waals surface area contributed by atoms with Gasteiger partial charge < -0.3 is 10.1 Å². The zero-order valence-electron chi connectivity index (χ0n) is 9.96. The van der Waals surface area contributed by atoms with Gasteiger partial charge in [-0.15, -0.1) is 0 Å². The van der Waals surface area contributed by atoms with E-state index >= 15 is 0 Å². The van der Waals surface area contributed by atoms with E-state index in [-0.39, 0.29) is 11.9 Å². The lowest BCUT2D eigenvalue weighted by molar-refractivity contribution is -0.125. The average molecular weight is 227 g/mol. The number of ether oxygens (including phenoxy) is 1. The van der Waals surface area contributed by atoms with Gasteiger partial charge in [0.05, 0.1) is 6.61 Å². The largest absolute Gasteiger partial charge is 0.381 e. The Labute approximate surface area is 96.7 Å². The molecule has 0 heterocycles. The van der Waals surface area contributed by atoms with Crippen LogP contribution < -0.4 is 5.32 Å². The second kappa shape index (κ2) is 7.39. The molecule has 0 aromatic rings. The van der Waals surface area contributed by atoms with E-state index in [0.717, 1.165) is 19.3 Å². The number of hydrogen-bond acceptors (Lipinski definition) is 3. The van der Waals surface area contributed by atoms with Crippen molar-refractivity contribution in [3.63, 3.8) is 0 Å². The van der Waals surface area contributed by atoms with Gasteiger partial charge in [-0.2, -0.15) is 0 Å². The monoisotopic (exact) mass is 227 g/mol. The predicted octanol–water partition coefficient (Wildman–Crippen LogP) is 1.43. The highest BCUT2D eigenvalue weighted by atomic mass is 16.5. The maximum Gasteiger partial charge on any atom is 0.222 e. The van der Waals surface area contributed by atoms with Crippen molar-refractivity contribution in [1.82, 2.24) is 5.32 Å². The summed E-state index contributed by atoms with van der Waals surface area (Å²) in [6.45, 7) is 3.25. The first-order valence-electron chi connectivity index (χ1n) is 6.11. The highest BCUT2D eigenvalue weighted by Gasteiger charge is 2.19. The lowest BCUT2D eigenvalue weighted by Crippen LogP contribution is -2.38. The molecule has 1 amide bonds. The van der Waals surface area contributed by atoms with Gasteiger partial charge in [0.2, 0.25) is 5.91 Å². The highest BCUT2D eigenvalue weighted by Crippen LogP contribution is 2.14. The van der Waals surface area contributed by atoms with Crippen molar-refractivity contribution in [3.8, 4) is 0 Å². The summed E-state index contributed by atoms with van der Waals surface area (Å²) >= 11 is 0. The standard InChI is InChI=1S/C12H21NO3/c1-2-8-16-9-7-12(15)13-10-3-5-11(14)6-4-10/h10H,2-9H2,1H3,(H,13,15). The molecule has 0 atom stereocenters. The number of amides is 1. The Morgan fingerprint density at radius 3 is 2.69 bits per heavy atom. The van der Waals surface area contributed by atoms with Crippen LogP contribution in [0.1, 0.15) is 45.4 Å². The molecule has 1 aliphatic carbocycles. The zero-order chi connectivity index (χ0) is 11.8. The molecule has 0 aliphatic heterocycles. The van der Waals surface area contributed by atoms with Crippen molar-refractivity contribution in [2.45, 2.75) is 51.5 Å². The van der Waals surface area contributed by atoms with Gasteiger partial charge in [-0.25, -0.2) is 0 Å². The molecule has 0 aromatic heterocycles. The van der Waals surface area contributed by atoms with Gasteiger partial charge in [-0.05, 0) is 19.3 Å². The molecular weight excluding hydrogens is 206 g/mol. The second-order valence-corrected chi connectivity index (χ2v) is 4.24. The topological polar surface area (TPSA) is 55.4 Å². The molecule has 92 valence electrons. The van der Waals surface area contributed by atoms with Crippen LogP contribution in [-0.2, 0) is 14.3 Å². The summed E-state index contributed by atoms with van der Waals surface area (Å²) in [5.74, 6) is 0.354. The van der Waals surface area contributed by atoms with Crippen LogP contribution >= 0.6 is 0 Å². The molecule has 4 nitrogen and oxygen atoms in total. The number of carbonyl (C=O) groups is 2. The van der Waals surface area contributed by atoms with Crippen LogP contribution in [0.15, 0.2) is 0 Å². The molecule has 1 saturated carbocycles. The molecule has 0 bridgehead atoms. The molecule has 0 saturated heterocycles. The smallest absolute Gasteiger partial charge is 0.222 e. The normalized spacial score (nSPS) is 17.4. The lowest BCUT2D eigenvalue weighted by atomic mass is 9.94. The van der Waals surface area contributed by atoms with Gasteiger partial charge in [-0.1, -0.05) is 6.92 Å². The van der Waals surface area contributed by atoms with Gasteiger partial charge in [0.25, 0.3) is 0 Å². The third-order valence-electron chi connectivity index (χ3n) is 2.73. The molecule has 0 spiro atoms. The summed E-state index contributed by atoms with van der Waals surface area (Å²) in [4.78, 5) is 22.5. The Hall–Kier alpha value is -0.900. The van der Waals surface area contributed by atoms with E-state index in [1.165, 1.54) is 0 Å². The van der Waals surface area contributed by atoms with E-state index in [1.54, 1.807) is 0 Å². The van der Waals surface area contributed by atoms with E-state index in [9.17, 15) is 9.59 Å². The number of hydrogen-bond donors (Lipinski definition) is 1. The van der Waals surface area contributed by atoms with Gasteiger partial charge in [0.1, 0.15) is 5.78 Å². The van der Waals surface area contributed by atoms with E-state index < -0.39 is 0 Å². The van der Waals surface area contributed by atoms with Gasteiger partial charge >= 0.3 is 0 Å². The number of Topliss-reactive ketones (excluding diaryl/α,β-unsaturated/α-hetero) is 1. The molecule has 0 aromatic carbocycles.